The standard InChI is InChI=1S/C23H39BrO3/c1-15(13-24)23(26)11-8-20-19-5-4-16-12-22(25,14-27-3)10-7-17(16)18(19)6-9-21(20,23)2/h15-20,25-26H,4-14H2,1-3H3/t15?,16-,17-,18+,19+,20-,21-,22+,23-/m0/s1. The first-order chi connectivity index (χ1) is 12.8. The lowest BCUT2D eigenvalue weighted by Crippen LogP contribution is -2.57. The van der Waals surface area contributed by atoms with Crippen LogP contribution >= 0.6 is 15.9 Å². The Hall–Kier alpha value is 0.360. The number of hydrogen-bond acceptors (Lipinski definition) is 3. The summed E-state index contributed by atoms with van der Waals surface area (Å²) in [6, 6.07) is 0. The summed E-state index contributed by atoms with van der Waals surface area (Å²) in [4.78, 5) is 0. The van der Waals surface area contributed by atoms with E-state index in [2.05, 4.69) is 29.8 Å². The molecule has 0 amide bonds. The highest BCUT2D eigenvalue weighted by Gasteiger charge is 2.64. The van der Waals surface area contributed by atoms with Crippen molar-refractivity contribution in [2.24, 2.45) is 40.9 Å². The molecule has 0 radical (unpaired) electrons. The molecule has 27 heavy (non-hydrogen) atoms. The maximum atomic E-state index is 11.7. The highest BCUT2D eigenvalue weighted by molar-refractivity contribution is 9.09. The third-order valence-electron chi connectivity index (χ3n) is 9.78. The van der Waals surface area contributed by atoms with Crippen molar-refractivity contribution in [3.63, 3.8) is 0 Å². The Balaban J connectivity index is 1.52. The molecule has 156 valence electrons. The molecule has 4 rings (SSSR count). The average Bonchev–Trinajstić information content (AvgIpc) is 2.93. The maximum Gasteiger partial charge on any atom is 0.0882 e. The number of hydrogen-bond donors (Lipinski definition) is 2. The van der Waals surface area contributed by atoms with Crippen LogP contribution in [-0.4, -0.2) is 40.5 Å². The van der Waals surface area contributed by atoms with Crippen LogP contribution in [0.25, 0.3) is 0 Å². The van der Waals surface area contributed by atoms with Crippen LogP contribution in [0.4, 0.5) is 0 Å². The molecule has 9 atom stereocenters. The van der Waals surface area contributed by atoms with Crippen molar-refractivity contribution in [3.05, 3.63) is 0 Å². The molecular formula is C23H39BrO3. The highest BCUT2D eigenvalue weighted by atomic mass is 79.9. The first-order valence-corrected chi connectivity index (χ1v) is 12.4. The van der Waals surface area contributed by atoms with E-state index in [0.717, 1.165) is 48.8 Å². The molecule has 3 nitrogen and oxygen atoms in total. The fourth-order valence-corrected chi connectivity index (χ4v) is 8.89. The molecule has 0 saturated heterocycles. The van der Waals surface area contributed by atoms with Gasteiger partial charge in [0.15, 0.2) is 0 Å². The number of rotatable bonds is 4. The highest BCUT2D eigenvalue weighted by Crippen LogP contribution is 2.67. The van der Waals surface area contributed by atoms with Gasteiger partial charge in [0.25, 0.3) is 0 Å². The maximum absolute atomic E-state index is 11.7. The van der Waals surface area contributed by atoms with E-state index in [9.17, 15) is 10.2 Å². The topological polar surface area (TPSA) is 49.7 Å². The fraction of sp³-hybridized carbons (Fsp3) is 1.00. The summed E-state index contributed by atoms with van der Waals surface area (Å²) in [7, 11) is 1.71. The van der Waals surface area contributed by atoms with E-state index in [1.165, 1.54) is 32.1 Å². The van der Waals surface area contributed by atoms with E-state index in [1.54, 1.807) is 7.11 Å². The molecule has 2 N–H and O–H groups in total. The van der Waals surface area contributed by atoms with Gasteiger partial charge in [-0.3, -0.25) is 0 Å². The van der Waals surface area contributed by atoms with Crippen LogP contribution in [-0.2, 0) is 4.74 Å². The lowest BCUT2D eigenvalue weighted by Gasteiger charge is -2.59. The summed E-state index contributed by atoms with van der Waals surface area (Å²) < 4.78 is 5.31. The number of halogens is 1. The summed E-state index contributed by atoms with van der Waals surface area (Å²) in [5, 5.41) is 23.5. The second kappa shape index (κ2) is 7.25. The minimum Gasteiger partial charge on any atom is -0.389 e. The van der Waals surface area contributed by atoms with Gasteiger partial charge >= 0.3 is 0 Å². The molecule has 4 fully saturated rings. The Labute approximate surface area is 173 Å². The predicted octanol–water partition coefficient (Wildman–Crippen LogP) is 4.78. The van der Waals surface area contributed by atoms with Crippen LogP contribution in [0, 0.1) is 40.9 Å². The lowest BCUT2D eigenvalue weighted by molar-refractivity contribution is -0.160. The van der Waals surface area contributed by atoms with Gasteiger partial charge in [-0.1, -0.05) is 29.8 Å². The molecule has 0 spiro atoms. The van der Waals surface area contributed by atoms with E-state index in [1.807, 2.05) is 0 Å². The third kappa shape index (κ3) is 3.07. The normalized spacial score (nSPS) is 53.3. The van der Waals surface area contributed by atoms with E-state index in [4.69, 9.17) is 4.74 Å². The Bertz CT molecular complexity index is 556. The van der Waals surface area contributed by atoms with Crippen LogP contribution in [0.15, 0.2) is 0 Å². The smallest absolute Gasteiger partial charge is 0.0882 e. The molecule has 0 aliphatic heterocycles. The third-order valence-corrected chi connectivity index (χ3v) is 10.7. The average molecular weight is 443 g/mol. The van der Waals surface area contributed by atoms with Crippen molar-refractivity contribution in [2.45, 2.75) is 82.8 Å². The zero-order valence-electron chi connectivity index (χ0n) is 17.4. The zero-order chi connectivity index (χ0) is 19.4. The second-order valence-electron chi connectivity index (χ2n) is 10.8. The van der Waals surface area contributed by atoms with E-state index >= 15 is 0 Å². The number of ether oxygens (including phenoxy) is 1. The second-order valence-corrected chi connectivity index (χ2v) is 11.5. The van der Waals surface area contributed by atoms with Gasteiger partial charge in [-0.2, -0.15) is 0 Å². The van der Waals surface area contributed by atoms with Crippen LogP contribution in [0.1, 0.15) is 71.6 Å². The molecule has 0 aromatic carbocycles. The van der Waals surface area contributed by atoms with Crippen molar-refractivity contribution in [2.75, 3.05) is 19.0 Å². The predicted molar refractivity (Wildman–Crippen MR) is 112 cm³/mol. The van der Waals surface area contributed by atoms with Crippen molar-refractivity contribution < 1.29 is 14.9 Å². The molecule has 0 heterocycles. The first-order valence-electron chi connectivity index (χ1n) is 11.3. The van der Waals surface area contributed by atoms with Gasteiger partial charge in [-0.25, -0.2) is 0 Å². The molecule has 0 bridgehead atoms. The first kappa shape index (κ1) is 20.6. The van der Waals surface area contributed by atoms with Gasteiger partial charge in [-0.15, -0.1) is 0 Å². The summed E-state index contributed by atoms with van der Waals surface area (Å²) in [6.07, 6.45) is 10.2. The molecule has 0 aromatic heterocycles. The molecule has 4 aliphatic carbocycles. The molecule has 4 heteroatoms. The Morgan fingerprint density at radius 2 is 1.74 bits per heavy atom. The minimum atomic E-state index is -0.592. The number of methoxy groups -OCH3 is 1. The number of aliphatic hydroxyl groups is 2. The zero-order valence-corrected chi connectivity index (χ0v) is 19.0. The molecule has 0 aromatic rings. The quantitative estimate of drug-likeness (QED) is 0.615. The Morgan fingerprint density at radius 1 is 1.00 bits per heavy atom. The van der Waals surface area contributed by atoms with Gasteiger partial charge in [0.05, 0.1) is 17.8 Å². The monoisotopic (exact) mass is 442 g/mol. The van der Waals surface area contributed by atoms with Gasteiger partial charge < -0.3 is 14.9 Å². The van der Waals surface area contributed by atoms with Crippen LogP contribution in [0.2, 0.25) is 0 Å². The van der Waals surface area contributed by atoms with Gasteiger partial charge in [0, 0.05) is 12.4 Å². The largest absolute Gasteiger partial charge is 0.389 e. The van der Waals surface area contributed by atoms with Crippen molar-refractivity contribution in [3.8, 4) is 0 Å². The Kier molecular flexibility index (Phi) is 5.54. The van der Waals surface area contributed by atoms with Gasteiger partial charge in [0.2, 0.25) is 0 Å². The molecular weight excluding hydrogens is 404 g/mol. The SMILES string of the molecule is COC[C@@]1(O)CC[C@H]2[C@@H](CC[C@@H]3[C@@H]2CC[C@@]2(C)[C@H]3CC[C@]2(O)C(C)CBr)C1. The van der Waals surface area contributed by atoms with Crippen molar-refractivity contribution >= 4 is 15.9 Å². The number of alkyl halides is 1. The minimum absolute atomic E-state index is 0.0830. The van der Waals surface area contributed by atoms with Crippen LogP contribution in [0.5, 0.6) is 0 Å². The molecule has 4 saturated carbocycles. The molecule has 4 aliphatic rings. The lowest BCUT2D eigenvalue weighted by atomic mass is 9.48. The summed E-state index contributed by atoms with van der Waals surface area (Å²) in [5.41, 5.74) is -1.02. The Morgan fingerprint density at radius 3 is 2.44 bits per heavy atom. The van der Waals surface area contributed by atoms with E-state index in [-0.39, 0.29) is 5.41 Å². The van der Waals surface area contributed by atoms with Crippen LogP contribution in [0.3, 0.4) is 0 Å². The van der Waals surface area contributed by atoms with Crippen molar-refractivity contribution in [1.29, 1.82) is 0 Å². The van der Waals surface area contributed by atoms with Gasteiger partial charge in [0.1, 0.15) is 0 Å². The summed E-state index contributed by atoms with van der Waals surface area (Å²) >= 11 is 3.64. The van der Waals surface area contributed by atoms with Crippen LogP contribution < -0.4 is 0 Å². The van der Waals surface area contributed by atoms with E-state index < -0.39 is 11.2 Å². The summed E-state index contributed by atoms with van der Waals surface area (Å²) in [5.74, 6) is 4.06. The molecule has 1 unspecified atom stereocenters. The summed E-state index contributed by atoms with van der Waals surface area (Å²) in [6.45, 7) is 5.12. The van der Waals surface area contributed by atoms with Crippen molar-refractivity contribution in [1.82, 2.24) is 0 Å². The van der Waals surface area contributed by atoms with Gasteiger partial charge in [-0.05, 0) is 98.7 Å². The number of fused-ring (bicyclic) bond motifs is 5. The van der Waals surface area contributed by atoms with E-state index in [0.29, 0.717) is 24.4 Å². The fourth-order valence-electron chi connectivity index (χ4n) is 8.35.